The number of aromatic nitrogens is 2. The van der Waals surface area contributed by atoms with Gasteiger partial charge in [-0.3, -0.25) is 0 Å². The maximum atomic E-state index is 6.15. The van der Waals surface area contributed by atoms with Crippen molar-refractivity contribution >= 4 is 17.4 Å². The number of anilines is 1. The second kappa shape index (κ2) is 5.77. The molecule has 0 bridgehead atoms. The number of hydrogen-bond donors (Lipinski definition) is 2. The smallest absolute Gasteiger partial charge is 0.137 e. The van der Waals surface area contributed by atoms with Crippen molar-refractivity contribution in [3.05, 3.63) is 52.4 Å². The summed E-state index contributed by atoms with van der Waals surface area (Å²) in [5.41, 5.74) is 9.30. The number of rotatable bonds is 4. The first-order valence-electron chi connectivity index (χ1n) is 6.83. The van der Waals surface area contributed by atoms with Gasteiger partial charge in [-0.25, -0.2) is 9.97 Å². The maximum Gasteiger partial charge on any atom is 0.137 e. The number of aryl methyl sites for hydroxylation is 1. The molecule has 5 heteroatoms. The molecule has 0 spiro atoms. The Balaban J connectivity index is 1.88. The van der Waals surface area contributed by atoms with Gasteiger partial charge in [0.25, 0.3) is 0 Å². The van der Waals surface area contributed by atoms with Gasteiger partial charge in [-0.15, -0.1) is 0 Å². The zero-order valence-corrected chi connectivity index (χ0v) is 11.9. The van der Waals surface area contributed by atoms with Crippen LogP contribution in [0.3, 0.4) is 0 Å². The number of hydrogen-bond acceptors (Lipinski definition) is 4. The van der Waals surface area contributed by atoms with Crippen molar-refractivity contribution in [2.45, 2.75) is 25.3 Å². The van der Waals surface area contributed by atoms with E-state index < -0.39 is 0 Å². The molecule has 1 heterocycles. The predicted octanol–water partition coefficient (Wildman–Crippen LogP) is 2.73. The predicted molar refractivity (Wildman–Crippen MR) is 80.9 cm³/mol. The molecule has 1 aliphatic carbocycles. The Bertz CT molecular complexity index is 615. The number of nitrogens with one attached hydrogen (secondary N) is 1. The van der Waals surface area contributed by atoms with Crippen LogP contribution in [0.1, 0.15) is 29.2 Å². The van der Waals surface area contributed by atoms with Gasteiger partial charge in [-0.2, -0.15) is 0 Å². The SMILES string of the molecule is NCCc1c(Cl)ncnc1NC1CCc2ccccc21. The first-order chi connectivity index (χ1) is 9.79. The highest BCUT2D eigenvalue weighted by Gasteiger charge is 2.23. The Kier molecular flexibility index (Phi) is 3.85. The number of benzene rings is 1. The minimum absolute atomic E-state index is 0.286. The number of fused-ring (bicyclic) bond motifs is 1. The van der Waals surface area contributed by atoms with Crippen LogP contribution in [0.2, 0.25) is 5.15 Å². The van der Waals surface area contributed by atoms with Crippen LogP contribution in [-0.2, 0) is 12.8 Å². The van der Waals surface area contributed by atoms with E-state index in [1.54, 1.807) is 0 Å². The van der Waals surface area contributed by atoms with Gasteiger partial charge in [0.2, 0.25) is 0 Å². The van der Waals surface area contributed by atoms with Crippen LogP contribution in [-0.4, -0.2) is 16.5 Å². The summed E-state index contributed by atoms with van der Waals surface area (Å²) in [5.74, 6) is 0.803. The van der Waals surface area contributed by atoms with Gasteiger partial charge in [0.1, 0.15) is 17.3 Å². The molecule has 104 valence electrons. The van der Waals surface area contributed by atoms with Crippen molar-refractivity contribution in [2.24, 2.45) is 5.73 Å². The van der Waals surface area contributed by atoms with Crippen molar-refractivity contribution < 1.29 is 0 Å². The van der Waals surface area contributed by atoms with E-state index in [0.29, 0.717) is 18.1 Å². The number of nitrogens with two attached hydrogens (primary N) is 1. The molecule has 2 aromatic rings. The molecule has 0 aliphatic heterocycles. The summed E-state index contributed by atoms with van der Waals surface area (Å²) < 4.78 is 0. The lowest BCUT2D eigenvalue weighted by Crippen LogP contribution is -2.13. The van der Waals surface area contributed by atoms with Crippen molar-refractivity contribution in [1.82, 2.24) is 9.97 Å². The minimum Gasteiger partial charge on any atom is -0.363 e. The van der Waals surface area contributed by atoms with Crippen LogP contribution in [0.25, 0.3) is 0 Å². The van der Waals surface area contributed by atoms with E-state index in [1.165, 1.54) is 17.5 Å². The minimum atomic E-state index is 0.286. The second-order valence-corrected chi connectivity index (χ2v) is 5.32. The van der Waals surface area contributed by atoms with Crippen LogP contribution in [0.5, 0.6) is 0 Å². The van der Waals surface area contributed by atoms with E-state index in [4.69, 9.17) is 17.3 Å². The standard InChI is InChI=1S/C15H17ClN4/c16-14-12(7-8-17)15(19-9-18-14)20-13-6-5-10-3-1-2-4-11(10)13/h1-4,9,13H,5-8,17H2,(H,18,19,20). The summed E-state index contributed by atoms with van der Waals surface area (Å²) in [5, 5.41) is 3.99. The van der Waals surface area contributed by atoms with Gasteiger partial charge in [-0.1, -0.05) is 35.9 Å². The van der Waals surface area contributed by atoms with Gasteiger partial charge < -0.3 is 11.1 Å². The fourth-order valence-electron chi connectivity index (χ4n) is 2.75. The average molecular weight is 289 g/mol. The summed E-state index contributed by atoms with van der Waals surface area (Å²) in [6.07, 6.45) is 4.34. The third-order valence-corrected chi connectivity index (χ3v) is 4.06. The zero-order chi connectivity index (χ0) is 13.9. The maximum absolute atomic E-state index is 6.15. The van der Waals surface area contributed by atoms with Gasteiger partial charge in [0, 0.05) is 5.56 Å². The summed E-state index contributed by atoms with van der Waals surface area (Å²) in [6.45, 7) is 0.531. The van der Waals surface area contributed by atoms with Gasteiger partial charge in [-0.05, 0) is 36.9 Å². The van der Waals surface area contributed by atoms with E-state index >= 15 is 0 Å². The highest BCUT2D eigenvalue weighted by atomic mass is 35.5. The molecule has 4 nitrogen and oxygen atoms in total. The van der Waals surface area contributed by atoms with Crippen LogP contribution in [0.4, 0.5) is 5.82 Å². The van der Waals surface area contributed by atoms with Crippen LogP contribution in [0, 0.1) is 0 Å². The van der Waals surface area contributed by atoms with Crippen molar-refractivity contribution in [3.63, 3.8) is 0 Å². The monoisotopic (exact) mass is 288 g/mol. The quantitative estimate of drug-likeness (QED) is 0.849. The summed E-state index contributed by atoms with van der Waals surface area (Å²) >= 11 is 6.15. The topological polar surface area (TPSA) is 63.8 Å². The van der Waals surface area contributed by atoms with E-state index in [-0.39, 0.29) is 6.04 Å². The molecule has 0 saturated heterocycles. The number of halogens is 1. The molecule has 1 aromatic heterocycles. The molecule has 1 aliphatic rings. The fourth-order valence-corrected chi connectivity index (χ4v) is 2.98. The van der Waals surface area contributed by atoms with E-state index in [1.807, 2.05) is 0 Å². The van der Waals surface area contributed by atoms with Gasteiger partial charge >= 0.3 is 0 Å². The van der Waals surface area contributed by atoms with Crippen LogP contribution >= 0.6 is 11.6 Å². The summed E-state index contributed by atoms with van der Waals surface area (Å²) in [6, 6.07) is 8.81. The Morgan fingerprint density at radius 3 is 3.00 bits per heavy atom. The highest BCUT2D eigenvalue weighted by Crippen LogP contribution is 2.34. The molecular weight excluding hydrogens is 272 g/mol. The fraction of sp³-hybridized carbons (Fsp3) is 0.333. The Labute approximate surface area is 123 Å². The molecule has 3 rings (SSSR count). The molecule has 1 atom stereocenters. The second-order valence-electron chi connectivity index (χ2n) is 4.96. The van der Waals surface area contributed by atoms with Crippen molar-refractivity contribution in [1.29, 1.82) is 0 Å². The Hall–Kier alpha value is -1.65. The molecule has 1 aromatic carbocycles. The van der Waals surface area contributed by atoms with E-state index in [2.05, 4.69) is 39.6 Å². The normalized spacial score (nSPS) is 17.0. The Morgan fingerprint density at radius 2 is 2.15 bits per heavy atom. The van der Waals surface area contributed by atoms with E-state index in [0.717, 1.165) is 24.2 Å². The lowest BCUT2D eigenvalue weighted by atomic mass is 10.1. The van der Waals surface area contributed by atoms with Gasteiger partial charge in [0.05, 0.1) is 6.04 Å². The molecule has 0 saturated carbocycles. The molecule has 0 amide bonds. The highest BCUT2D eigenvalue weighted by molar-refractivity contribution is 6.30. The van der Waals surface area contributed by atoms with E-state index in [9.17, 15) is 0 Å². The third-order valence-electron chi connectivity index (χ3n) is 3.73. The molecule has 20 heavy (non-hydrogen) atoms. The van der Waals surface area contributed by atoms with Crippen molar-refractivity contribution in [2.75, 3.05) is 11.9 Å². The summed E-state index contributed by atoms with van der Waals surface area (Å²) in [7, 11) is 0. The molecular formula is C15H17ClN4. The van der Waals surface area contributed by atoms with Crippen molar-refractivity contribution in [3.8, 4) is 0 Å². The zero-order valence-electron chi connectivity index (χ0n) is 11.1. The van der Waals surface area contributed by atoms with Crippen LogP contribution in [0.15, 0.2) is 30.6 Å². The molecule has 0 radical (unpaired) electrons. The first-order valence-corrected chi connectivity index (χ1v) is 7.21. The third kappa shape index (κ3) is 2.49. The van der Waals surface area contributed by atoms with Gasteiger partial charge in [0.15, 0.2) is 0 Å². The molecule has 1 unspecified atom stereocenters. The lowest BCUT2D eigenvalue weighted by molar-refractivity contribution is 0.752. The summed E-state index contributed by atoms with van der Waals surface area (Å²) in [4.78, 5) is 8.37. The molecule has 3 N–H and O–H groups in total. The number of nitrogens with zero attached hydrogens (tertiary/aromatic N) is 2. The average Bonchev–Trinajstić information content (AvgIpc) is 2.86. The van der Waals surface area contributed by atoms with Crippen LogP contribution < -0.4 is 11.1 Å². The lowest BCUT2D eigenvalue weighted by Gasteiger charge is -2.17. The largest absolute Gasteiger partial charge is 0.363 e. The molecule has 0 fully saturated rings. The first kappa shape index (κ1) is 13.3. The Morgan fingerprint density at radius 1 is 1.30 bits per heavy atom.